The van der Waals surface area contributed by atoms with Gasteiger partial charge in [-0.05, 0) is 31.3 Å². The summed E-state index contributed by atoms with van der Waals surface area (Å²) in [5.74, 6) is -0.572. The van der Waals surface area contributed by atoms with Crippen molar-refractivity contribution in [2.45, 2.75) is 12.8 Å². The number of amides is 1. The number of aryl methyl sites for hydroxylation is 1. The second-order valence-corrected chi connectivity index (χ2v) is 7.46. The summed E-state index contributed by atoms with van der Waals surface area (Å²) in [6, 6.07) is 7.30. The van der Waals surface area contributed by atoms with Gasteiger partial charge in [-0.2, -0.15) is 0 Å². The van der Waals surface area contributed by atoms with Gasteiger partial charge >= 0.3 is 0 Å². The average molecular weight is 427 g/mol. The average Bonchev–Trinajstić information content (AvgIpc) is 3.22. The molecule has 162 valence electrons. The van der Waals surface area contributed by atoms with Crippen LogP contribution in [0.25, 0.3) is 11.3 Å². The minimum atomic E-state index is -0.729. The van der Waals surface area contributed by atoms with E-state index in [0.29, 0.717) is 5.69 Å². The Labute approximate surface area is 178 Å². The number of hydrogen-bond acceptors (Lipinski definition) is 6. The highest BCUT2D eigenvalue weighted by atomic mass is 19.1. The first kappa shape index (κ1) is 20.9. The zero-order chi connectivity index (χ0) is 21.8. The number of carbonyl (C=O) groups is 1. The summed E-state index contributed by atoms with van der Waals surface area (Å²) in [4.78, 5) is 25.2. The van der Waals surface area contributed by atoms with E-state index in [1.807, 2.05) is 12.1 Å². The minimum Gasteiger partial charge on any atom is -0.441 e. The van der Waals surface area contributed by atoms with Gasteiger partial charge in [0, 0.05) is 39.0 Å². The molecule has 1 aliphatic rings. The molecule has 9 heteroatoms. The number of oxazole rings is 1. The number of benzene rings is 1. The molecule has 0 atom stereocenters. The van der Waals surface area contributed by atoms with Crippen LogP contribution in [0.3, 0.4) is 0 Å². The predicted molar refractivity (Wildman–Crippen MR) is 113 cm³/mol. The molecule has 3 heterocycles. The molecule has 0 spiro atoms. The number of nitrogens with zero attached hydrogens (tertiary/aromatic N) is 4. The number of likely N-dealkylation sites (N-methyl/N-ethyl adjacent to an activating group) is 1. The van der Waals surface area contributed by atoms with Crippen LogP contribution in [-0.4, -0.2) is 54.0 Å². The molecule has 1 fully saturated rings. The summed E-state index contributed by atoms with van der Waals surface area (Å²) in [5.41, 5.74) is 0.335. The molecule has 7 nitrogen and oxygen atoms in total. The van der Waals surface area contributed by atoms with Gasteiger partial charge in [0.25, 0.3) is 0 Å². The fourth-order valence-electron chi connectivity index (χ4n) is 3.40. The summed E-state index contributed by atoms with van der Waals surface area (Å²) in [5, 5.41) is 2.79. The first-order valence-electron chi connectivity index (χ1n) is 10.1. The molecule has 1 aromatic carbocycles. The molecule has 0 saturated carbocycles. The Balaban J connectivity index is 1.30. The lowest BCUT2D eigenvalue weighted by Crippen LogP contribution is -2.44. The molecule has 1 aliphatic heterocycles. The van der Waals surface area contributed by atoms with Crippen LogP contribution in [0.1, 0.15) is 12.3 Å². The Hall–Kier alpha value is -3.33. The van der Waals surface area contributed by atoms with E-state index in [4.69, 9.17) is 4.42 Å². The van der Waals surface area contributed by atoms with Crippen LogP contribution in [0.5, 0.6) is 0 Å². The summed E-state index contributed by atoms with van der Waals surface area (Å²) in [7, 11) is 2.10. The van der Waals surface area contributed by atoms with E-state index in [-0.39, 0.29) is 36.0 Å². The van der Waals surface area contributed by atoms with Crippen LogP contribution in [0.4, 0.5) is 20.3 Å². The number of rotatable bonds is 6. The smallest absolute Gasteiger partial charge is 0.224 e. The maximum Gasteiger partial charge on any atom is 0.224 e. The maximum atomic E-state index is 13.9. The zero-order valence-electron chi connectivity index (χ0n) is 17.1. The van der Waals surface area contributed by atoms with Crippen molar-refractivity contribution < 1.29 is 18.0 Å². The molecule has 0 radical (unpaired) electrons. The predicted octanol–water partition coefficient (Wildman–Crippen LogP) is 3.34. The highest BCUT2D eigenvalue weighted by molar-refractivity contribution is 5.90. The van der Waals surface area contributed by atoms with Gasteiger partial charge in [0.15, 0.2) is 11.7 Å². The Morgan fingerprint density at radius 3 is 2.48 bits per heavy atom. The Morgan fingerprint density at radius 1 is 1.06 bits per heavy atom. The number of halogens is 2. The molecule has 1 amide bonds. The fraction of sp³-hybridized carbons (Fsp3) is 0.318. The molecule has 0 aliphatic carbocycles. The van der Waals surface area contributed by atoms with E-state index in [1.54, 1.807) is 6.20 Å². The van der Waals surface area contributed by atoms with Crippen LogP contribution < -0.4 is 10.2 Å². The molecular formula is C22H23F2N5O2. The van der Waals surface area contributed by atoms with Gasteiger partial charge in [-0.3, -0.25) is 4.79 Å². The zero-order valence-corrected chi connectivity index (χ0v) is 17.1. The maximum absolute atomic E-state index is 13.9. The topological polar surface area (TPSA) is 74.5 Å². The Morgan fingerprint density at radius 2 is 1.81 bits per heavy atom. The number of pyridine rings is 1. The van der Waals surface area contributed by atoms with Crippen molar-refractivity contribution in [1.29, 1.82) is 0 Å². The van der Waals surface area contributed by atoms with Gasteiger partial charge in [-0.1, -0.05) is 6.07 Å². The van der Waals surface area contributed by atoms with Crippen molar-refractivity contribution in [3.8, 4) is 11.3 Å². The van der Waals surface area contributed by atoms with E-state index in [1.165, 1.54) is 12.3 Å². The minimum absolute atomic E-state index is 0.00490. The number of nitrogens with one attached hydrogen (secondary N) is 1. The molecule has 2 aromatic heterocycles. The Bertz CT molecular complexity index is 1030. The largest absolute Gasteiger partial charge is 0.441 e. The third-order valence-corrected chi connectivity index (χ3v) is 5.19. The van der Waals surface area contributed by atoms with Gasteiger partial charge < -0.3 is 19.5 Å². The third kappa shape index (κ3) is 5.05. The normalized spacial score (nSPS) is 14.6. The lowest BCUT2D eigenvalue weighted by Gasteiger charge is -2.33. The molecule has 0 bridgehead atoms. The van der Waals surface area contributed by atoms with Gasteiger partial charge in [0.1, 0.15) is 17.5 Å². The lowest BCUT2D eigenvalue weighted by molar-refractivity contribution is -0.116. The Kier molecular flexibility index (Phi) is 6.22. The van der Waals surface area contributed by atoms with Gasteiger partial charge in [0.2, 0.25) is 5.91 Å². The van der Waals surface area contributed by atoms with Gasteiger partial charge in [0.05, 0.1) is 23.6 Å². The number of anilines is 2. The molecule has 0 unspecified atom stereocenters. The second kappa shape index (κ2) is 9.22. The lowest BCUT2D eigenvalue weighted by atomic mass is 10.1. The first-order chi connectivity index (χ1) is 15.0. The molecule has 4 rings (SSSR count). The number of carbonyl (C=O) groups excluding carboxylic acids is 1. The number of piperazine rings is 1. The van der Waals surface area contributed by atoms with Crippen molar-refractivity contribution >= 4 is 17.4 Å². The van der Waals surface area contributed by atoms with Crippen LogP contribution in [0, 0.1) is 11.6 Å². The highest BCUT2D eigenvalue weighted by Gasteiger charge is 2.17. The molecule has 1 N–H and O–H groups in total. The number of aromatic nitrogens is 2. The SMILES string of the molecule is CN1CCN(c2ccc(NC(=O)CCc3ncc(-c4c(F)cccc4F)o3)cn2)CC1. The van der Waals surface area contributed by atoms with E-state index in [2.05, 4.69) is 32.1 Å². The van der Waals surface area contributed by atoms with E-state index >= 15 is 0 Å². The van der Waals surface area contributed by atoms with Crippen LogP contribution in [0.15, 0.2) is 47.1 Å². The number of hydrogen-bond donors (Lipinski definition) is 1. The van der Waals surface area contributed by atoms with Crippen molar-refractivity contribution in [2.24, 2.45) is 0 Å². The monoisotopic (exact) mass is 427 g/mol. The summed E-state index contributed by atoms with van der Waals surface area (Å²) in [6.45, 7) is 3.83. The van der Waals surface area contributed by atoms with E-state index in [9.17, 15) is 13.6 Å². The summed E-state index contributed by atoms with van der Waals surface area (Å²) >= 11 is 0. The molecular weight excluding hydrogens is 404 g/mol. The van der Waals surface area contributed by atoms with Gasteiger partial charge in [-0.25, -0.2) is 18.7 Å². The van der Waals surface area contributed by atoms with Crippen molar-refractivity contribution in [2.75, 3.05) is 43.4 Å². The van der Waals surface area contributed by atoms with E-state index < -0.39 is 11.6 Å². The van der Waals surface area contributed by atoms with Crippen LogP contribution in [0.2, 0.25) is 0 Å². The molecule has 3 aromatic rings. The molecule has 31 heavy (non-hydrogen) atoms. The summed E-state index contributed by atoms with van der Waals surface area (Å²) in [6.07, 6.45) is 3.21. The van der Waals surface area contributed by atoms with Crippen molar-refractivity contribution in [3.63, 3.8) is 0 Å². The van der Waals surface area contributed by atoms with Crippen molar-refractivity contribution in [1.82, 2.24) is 14.9 Å². The van der Waals surface area contributed by atoms with Crippen LogP contribution in [-0.2, 0) is 11.2 Å². The highest BCUT2D eigenvalue weighted by Crippen LogP contribution is 2.27. The van der Waals surface area contributed by atoms with Crippen molar-refractivity contribution in [3.05, 3.63) is 60.3 Å². The first-order valence-corrected chi connectivity index (χ1v) is 10.1. The second-order valence-electron chi connectivity index (χ2n) is 7.46. The summed E-state index contributed by atoms with van der Waals surface area (Å²) < 4.78 is 33.2. The quantitative estimate of drug-likeness (QED) is 0.651. The van der Waals surface area contributed by atoms with Crippen LogP contribution >= 0.6 is 0 Å². The van der Waals surface area contributed by atoms with E-state index in [0.717, 1.165) is 44.1 Å². The fourth-order valence-corrected chi connectivity index (χ4v) is 3.40. The molecule has 1 saturated heterocycles. The van der Waals surface area contributed by atoms with Gasteiger partial charge in [-0.15, -0.1) is 0 Å². The standard InChI is InChI=1S/C22H23F2N5O2/c1-28-9-11-29(12-10-28)19-6-5-15(13-25-19)27-20(30)7-8-21-26-14-18(31-21)22-16(23)3-2-4-17(22)24/h2-6,13-14H,7-12H2,1H3,(H,27,30). The third-order valence-electron chi connectivity index (χ3n) is 5.19.